The topological polar surface area (TPSA) is 45.7 Å². The smallest absolute Gasteiger partial charge is 0.222 e. The Morgan fingerprint density at radius 2 is 1.89 bits per heavy atom. The first-order chi connectivity index (χ1) is 13.2. The minimum absolute atomic E-state index is 0.284. The van der Waals surface area contributed by atoms with Crippen LogP contribution >= 0.6 is 0 Å². The lowest BCUT2D eigenvalue weighted by molar-refractivity contribution is -0.133. The van der Waals surface area contributed by atoms with Gasteiger partial charge in [0, 0.05) is 51.5 Å². The summed E-state index contributed by atoms with van der Waals surface area (Å²) in [6.45, 7) is 4.61. The standard InChI is InChI=1S/C22H29N3O2/c1-27-21-8-2-5-19(17-21)10-12-24-13-15-25(16-14-24)22(26)9-3-6-20-7-4-11-23-18-20/h2,4-5,7-8,11,17-18H,3,6,9-10,12-16H2,1H3. The zero-order chi connectivity index (χ0) is 18.9. The Balaban J connectivity index is 1.35. The Bertz CT molecular complexity index is 713. The Hall–Kier alpha value is -2.40. The SMILES string of the molecule is COc1cccc(CCN2CCN(C(=O)CCCc3cccnc3)CC2)c1. The minimum atomic E-state index is 0.284. The number of rotatable bonds is 8. The van der Waals surface area contributed by atoms with Gasteiger partial charge in [0.2, 0.25) is 5.91 Å². The van der Waals surface area contributed by atoms with Gasteiger partial charge in [-0.1, -0.05) is 18.2 Å². The molecular formula is C22H29N3O2. The summed E-state index contributed by atoms with van der Waals surface area (Å²) in [6.07, 6.45) is 7.10. The second kappa shape index (κ2) is 10.1. The molecule has 0 aliphatic carbocycles. The molecule has 2 aromatic rings. The summed E-state index contributed by atoms with van der Waals surface area (Å²) in [5.74, 6) is 1.19. The highest BCUT2D eigenvalue weighted by Crippen LogP contribution is 2.14. The Kier molecular flexibility index (Phi) is 7.22. The lowest BCUT2D eigenvalue weighted by Gasteiger charge is -2.34. The van der Waals surface area contributed by atoms with Crippen LogP contribution < -0.4 is 4.74 Å². The highest BCUT2D eigenvalue weighted by atomic mass is 16.5. The summed E-state index contributed by atoms with van der Waals surface area (Å²) in [6, 6.07) is 12.3. The van der Waals surface area contributed by atoms with E-state index in [1.807, 2.05) is 29.3 Å². The third kappa shape index (κ3) is 6.07. The van der Waals surface area contributed by atoms with Gasteiger partial charge in [-0.05, 0) is 48.6 Å². The first kappa shape index (κ1) is 19.4. The highest BCUT2D eigenvalue weighted by Gasteiger charge is 2.20. The van der Waals surface area contributed by atoms with Crippen LogP contribution in [-0.2, 0) is 17.6 Å². The fourth-order valence-electron chi connectivity index (χ4n) is 3.48. The zero-order valence-electron chi connectivity index (χ0n) is 16.1. The maximum atomic E-state index is 12.4. The molecular weight excluding hydrogens is 338 g/mol. The molecule has 1 aromatic carbocycles. The van der Waals surface area contributed by atoms with Gasteiger partial charge in [-0.2, -0.15) is 0 Å². The highest BCUT2D eigenvalue weighted by molar-refractivity contribution is 5.76. The third-order valence-electron chi connectivity index (χ3n) is 5.15. The predicted molar refractivity (Wildman–Crippen MR) is 107 cm³/mol. The van der Waals surface area contributed by atoms with Crippen LogP contribution in [0.4, 0.5) is 0 Å². The summed E-state index contributed by atoms with van der Waals surface area (Å²) >= 11 is 0. The number of piperazine rings is 1. The van der Waals surface area contributed by atoms with Crippen molar-refractivity contribution in [1.82, 2.24) is 14.8 Å². The number of amides is 1. The first-order valence-corrected chi connectivity index (χ1v) is 9.76. The minimum Gasteiger partial charge on any atom is -0.497 e. The fourth-order valence-corrected chi connectivity index (χ4v) is 3.48. The molecule has 1 aliphatic rings. The number of methoxy groups -OCH3 is 1. The van der Waals surface area contributed by atoms with Gasteiger partial charge in [0.15, 0.2) is 0 Å². The molecule has 1 aliphatic heterocycles. The quantitative estimate of drug-likeness (QED) is 0.720. The van der Waals surface area contributed by atoms with Crippen LogP contribution in [0.15, 0.2) is 48.8 Å². The average Bonchev–Trinajstić information content (AvgIpc) is 2.73. The van der Waals surface area contributed by atoms with Gasteiger partial charge in [0.05, 0.1) is 7.11 Å². The molecule has 5 nitrogen and oxygen atoms in total. The summed E-state index contributed by atoms with van der Waals surface area (Å²) in [7, 11) is 1.70. The number of hydrogen-bond acceptors (Lipinski definition) is 4. The monoisotopic (exact) mass is 367 g/mol. The number of benzene rings is 1. The number of aryl methyl sites for hydroxylation is 1. The van der Waals surface area contributed by atoms with E-state index in [0.717, 1.165) is 57.7 Å². The molecule has 2 heterocycles. The van der Waals surface area contributed by atoms with E-state index >= 15 is 0 Å². The van der Waals surface area contributed by atoms with Crippen molar-refractivity contribution in [3.8, 4) is 5.75 Å². The van der Waals surface area contributed by atoms with E-state index < -0.39 is 0 Å². The number of aromatic nitrogens is 1. The Morgan fingerprint density at radius 3 is 2.63 bits per heavy atom. The second-order valence-electron chi connectivity index (χ2n) is 7.04. The molecule has 1 aromatic heterocycles. The normalized spacial score (nSPS) is 14.9. The van der Waals surface area contributed by atoms with Crippen molar-refractivity contribution in [2.75, 3.05) is 39.8 Å². The summed E-state index contributed by atoms with van der Waals surface area (Å²) < 4.78 is 5.29. The second-order valence-corrected chi connectivity index (χ2v) is 7.04. The molecule has 0 radical (unpaired) electrons. The molecule has 0 spiro atoms. The van der Waals surface area contributed by atoms with Crippen LogP contribution in [0.25, 0.3) is 0 Å². The van der Waals surface area contributed by atoms with E-state index in [4.69, 9.17) is 4.74 Å². The van der Waals surface area contributed by atoms with E-state index in [1.165, 1.54) is 11.1 Å². The van der Waals surface area contributed by atoms with E-state index in [-0.39, 0.29) is 5.91 Å². The van der Waals surface area contributed by atoms with Crippen LogP contribution in [-0.4, -0.2) is 60.5 Å². The van der Waals surface area contributed by atoms with Crippen LogP contribution in [0.2, 0.25) is 0 Å². The Morgan fingerprint density at radius 1 is 1.07 bits per heavy atom. The number of carbonyl (C=O) groups is 1. The Labute approximate surface area is 162 Å². The lowest BCUT2D eigenvalue weighted by atomic mass is 10.1. The van der Waals surface area contributed by atoms with Crippen LogP contribution in [0.1, 0.15) is 24.0 Å². The lowest BCUT2D eigenvalue weighted by Crippen LogP contribution is -2.49. The maximum absolute atomic E-state index is 12.4. The fraction of sp³-hybridized carbons (Fsp3) is 0.455. The predicted octanol–water partition coefficient (Wildman–Crippen LogP) is 2.80. The molecule has 1 amide bonds. The molecule has 27 heavy (non-hydrogen) atoms. The molecule has 1 fully saturated rings. The van der Waals surface area contributed by atoms with Gasteiger partial charge in [-0.25, -0.2) is 0 Å². The molecule has 0 N–H and O–H groups in total. The van der Waals surface area contributed by atoms with Gasteiger partial charge in [-0.3, -0.25) is 14.7 Å². The molecule has 0 saturated carbocycles. The summed E-state index contributed by atoms with van der Waals surface area (Å²) in [4.78, 5) is 21.0. The third-order valence-corrected chi connectivity index (χ3v) is 5.15. The largest absolute Gasteiger partial charge is 0.497 e. The van der Waals surface area contributed by atoms with Crippen molar-refractivity contribution < 1.29 is 9.53 Å². The van der Waals surface area contributed by atoms with E-state index in [9.17, 15) is 4.79 Å². The summed E-state index contributed by atoms with van der Waals surface area (Å²) in [5.41, 5.74) is 2.50. The van der Waals surface area contributed by atoms with Crippen molar-refractivity contribution in [3.05, 3.63) is 59.9 Å². The molecule has 0 atom stereocenters. The van der Waals surface area contributed by atoms with E-state index in [1.54, 1.807) is 13.3 Å². The number of ether oxygens (including phenoxy) is 1. The molecule has 0 unspecified atom stereocenters. The van der Waals surface area contributed by atoms with Crippen LogP contribution in [0.5, 0.6) is 5.75 Å². The van der Waals surface area contributed by atoms with Gasteiger partial charge in [0.25, 0.3) is 0 Å². The van der Waals surface area contributed by atoms with E-state index in [0.29, 0.717) is 6.42 Å². The van der Waals surface area contributed by atoms with Crippen molar-refractivity contribution >= 4 is 5.91 Å². The van der Waals surface area contributed by atoms with Crippen molar-refractivity contribution in [1.29, 1.82) is 0 Å². The van der Waals surface area contributed by atoms with Gasteiger partial charge in [0.1, 0.15) is 5.75 Å². The first-order valence-electron chi connectivity index (χ1n) is 9.76. The van der Waals surface area contributed by atoms with Crippen LogP contribution in [0, 0.1) is 0 Å². The maximum Gasteiger partial charge on any atom is 0.222 e. The average molecular weight is 367 g/mol. The molecule has 5 heteroatoms. The number of hydrogen-bond donors (Lipinski definition) is 0. The van der Waals surface area contributed by atoms with Crippen molar-refractivity contribution in [2.24, 2.45) is 0 Å². The van der Waals surface area contributed by atoms with Gasteiger partial charge >= 0.3 is 0 Å². The molecule has 1 saturated heterocycles. The molecule has 0 bridgehead atoms. The van der Waals surface area contributed by atoms with Crippen LogP contribution in [0.3, 0.4) is 0 Å². The summed E-state index contributed by atoms with van der Waals surface area (Å²) in [5, 5.41) is 0. The zero-order valence-corrected chi connectivity index (χ0v) is 16.1. The van der Waals surface area contributed by atoms with Gasteiger partial charge < -0.3 is 9.64 Å². The molecule has 3 rings (SSSR count). The number of pyridine rings is 1. The molecule has 144 valence electrons. The van der Waals surface area contributed by atoms with Crippen molar-refractivity contribution in [2.45, 2.75) is 25.7 Å². The number of nitrogens with zero attached hydrogens (tertiary/aromatic N) is 3. The van der Waals surface area contributed by atoms with Gasteiger partial charge in [-0.15, -0.1) is 0 Å². The van der Waals surface area contributed by atoms with Crippen molar-refractivity contribution in [3.63, 3.8) is 0 Å². The van der Waals surface area contributed by atoms with E-state index in [2.05, 4.69) is 28.1 Å². The number of carbonyl (C=O) groups excluding carboxylic acids is 1.